The molecule has 0 amide bonds. The lowest BCUT2D eigenvalue weighted by Gasteiger charge is -2.09. The number of benzene rings is 1. The van der Waals surface area contributed by atoms with Crippen molar-refractivity contribution in [2.45, 2.75) is 26.9 Å². The summed E-state index contributed by atoms with van der Waals surface area (Å²) in [6, 6.07) is 3.85. The van der Waals surface area contributed by atoms with E-state index in [2.05, 4.69) is 9.68 Å². The standard InChI is InChI=1S/C11H8F3NO.C2H6/c1-7-2-8(9-5-15-16-6-9)4-10(3-7)11(12,13)14;1-2/h2-6H,1H3;1-2H3. The van der Waals surface area contributed by atoms with Crippen LogP contribution in [-0.4, -0.2) is 5.16 Å². The Morgan fingerprint density at radius 1 is 1.06 bits per heavy atom. The van der Waals surface area contributed by atoms with Gasteiger partial charge in [-0.15, -0.1) is 0 Å². The molecule has 18 heavy (non-hydrogen) atoms. The third-order valence-corrected chi connectivity index (χ3v) is 2.17. The van der Waals surface area contributed by atoms with Crippen molar-refractivity contribution in [2.75, 3.05) is 0 Å². The fraction of sp³-hybridized carbons (Fsp3) is 0.308. The number of rotatable bonds is 1. The Balaban J connectivity index is 0.000000771. The summed E-state index contributed by atoms with van der Waals surface area (Å²) in [5, 5.41) is 3.46. The molecule has 1 aromatic heterocycles. The molecule has 0 unspecified atom stereocenters. The van der Waals surface area contributed by atoms with Crippen LogP contribution in [0.25, 0.3) is 11.1 Å². The Morgan fingerprint density at radius 2 is 1.72 bits per heavy atom. The van der Waals surface area contributed by atoms with Crippen LogP contribution in [0.3, 0.4) is 0 Å². The van der Waals surface area contributed by atoms with Gasteiger partial charge in [0.2, 0.25) is 0 Å². The summed E-state index contributed by atoms with van der Waals surface area (Å²) in [7, 11) is 0. The molecular formula is C13H14F3NO. The van der Waals surface area contributed by atoms with E-state index in [1.54, 1.807) is 13.0 Å². The highest BCUT2D eigenvalue weighted by Crippen LogP contribution is 2.33. The third-order valence-electron chi connectivity index (χ3n) is 2.17. The van der Waals surface area contributed by atoms with Gasteiger partial charge >= 0.3 is 6.18 Å². The lowest BCUT2D eigenvalue weighted by atomic mass is 10.0. The molecule has 98 valence electrons. The van der Waals surface area contributed by atoms with Crippen molar-refractivity contribution < 1.29 is 17.7 Å². The van der Waals surface area contributed by atoms with Gasteiger partial charge in [-0.1, -0.05) is 25.1 Å². The van der Waals surface area contributed by atoms with Gasteiger partial charge in [0.15, 0.2) is 0 Å². The van der Waals surface area contributed by atoms with Crippen LogP contribution in [-0.2, 0) is 6.18 Å². The highest BCUT2D eigenvalue weighted by atomic mass is 19.4. The number of nitrogens with zero attached hydrogens (tertiary/aromatic N) is 1. The molecule has 0 saturated heterocycles. The molecule has 0 spiro atoms. The highest BCUT2D eigenvalue weighted by Gasteiger charge is 2.31. The van der Waals surface area contributed by atoms with E-state index < -0.39 is 11.7 Å². The Labute approximate surface area is 103 Å². The summed E-state index contributed by atoms with van der Waals surface area (Å²) in [4.78, 5) is 0. The molecule has 5 heteroatoms. The molecule has 0 radical (unpaired) electrons. The first-order valence-corrected chi connectivity index (χ1v) is 5.55. The number of alkyl halides is 3. The van der Waals surface area contributed by atoms with E-state index in [9.17, 15) is 13.2 Å². The quantitative estimate of drug-likeness (QED) is 0.740. The molecule has 0 atom stereocenters. The van der Waals surface area contributed by atoms with Crippen LogP contribution >= 0.6 is 0 Å². The number of aromatic nitrogens is 1. The topological polar surface area (TPSA) is 26.0 Å². The Kier molecular flexibility index (Phi) is 4.53. The second-order valence-corrected chi connectivity index (χ2v) is 3.50. The molecule has 1 heterocycles. The van der Waals surface area contributed by atoms with Gasteiger partial charge in [0.1, 0.15) is 6.26 Å². The first-order chi connectivity index (χ1) is 8.47. The molecule has 0 fully saturated rings. The predicted molar refractivity (Wildman–Crippen MR) is 63.0 cm³/mol. The second-order valence-electron chi connectivity index (χ2n) is 3.50. The maximum absolute atomic E-state index is 12.6. The van der Waals surface area contributed by atoms with Crippen molar-refractivity contribution in [1.29, 1.82) is 0 Å². The Morgan fingerprint density at radius 3 is 2.22 bits per heavy atom. The second kappa shape index (κ2) is 5.71. The average molecular weight is 257 g/mol. The van der Waals surface area contributed by atoms with E-state index >= 15 is 0 Å². The van der Waals surface area contributed by atoms with Crippen LogP contribution in [0.5, 0.6) is 0 Å². The van der Waals surface area contributed by atoms with Crippen LogP contribution in [0.2, 0.25) is 0 Å². The van der Waals surface area contributed by atoms with E-state index in [1.165, 1.54) is 12.5 Å². The predicted octanol–water partition coefficient (Wildman–Crippen LogP) is 4.70. The molecule has 2 aromatic rings. The molecule has 0 aliphatic heterocycles. The van der Waals surface area contributed by atoms with Gasteiger partial charge in [-0.25, -0.2) is 0 Å². The summed E-state index contributed by atoms with van der Waals surface area (Å²) in [5.41, 5.74) is 0.873. The first-order valence-electron chi connectivity index (χ1n) is 5.55. The van der Waals surface area contributed by atoms with E-state index in [0.29, 0.717) is 16.7 Å². The van der Waals surface area contributed by atoms with Gasteiger partial charge in [0.25, 0.3) is 0 Å². The zero-order valence-corrected chi connectivity index (χ0v) is 10.4. The zero-order valence-electron chi connectivity index (χ0n) is 10.4. The van der Waals surface area contributed by atoms with Crippen molar-refractivity contribution in [1.82, 2.24) is 5.16 Å². The van der Waals surface area contributed by atoms with Crippen molar-refractivity contribution in [3.05, 3.63) is 41.8 Å². The lowest BCUT2D eigenvalue weighted by Crippen LogP contribution is -2.05. The largest absolute Gasteiger partial charge is 0.416 e. The maximum Gasteiger partial charge on any atom is 0.416 e. The summed E-state index contributed by atoms with van der Waals surface area (Å²) in [6.07, 6.45) is -1.64. The van der Waals surface area contributed by atoms with Crippen LogP contribution in [0.1, 0.15) is 25.0 Å². The molecule has 2 rings (SSSR count). The zero-order chi connectivity index (χ0) is 13.8. The molecule has 0 saturated carbocycles. The van der Waals surface area contributed by atoms with Gasteiger partial charge in [-0.2, -0.15) is 13.2 Å². The first kappa shape index (κ1) is 14.3. The van der Waals surface area contributed by atoms with E-state index in [1.807, 2.05) is 13.8 Å². The molecule has 0 bridgehead atoms. The molecule has 0 aliphatic rings. The van der Waals surface area contributed by atoms with Crippen LogP contribution in [0.4, 0.5) is 13.2 Å². The number of aryl methyl sites for hydroxylation is 1. The summed E-state index contributed by atoms with van der Waals surface area (Å²) < 4.78 is 42.3. The minimum Gasteiger partial charge on any atom is -0.364 e. The number of halogens is 3. The molecule has 0 N–H and O–H groups in total. The Hall–Kier alpha value is -1.78. The number of hydrogen-bond acceptors (Lipinski definition) is 2. The minimum atomic E-state index is -4.34. The van der Waals surface area contributed by atoms with E-state index in [4.69, 9.17) is 0 Å². The Bertz CT molecular complexity index is 489. The monoisotopic (exact) mass is 257 g/mol. The van der Waals surface area contributed by atoms with Gasteiger partial charge < -0.3 is 4.52 Å². The fourth-order valence-corrected chi connectivity index (χ4v) is 1.46. The number of hydrogen-bond donors (Lipinski definition) is 0. The smallest absolute Gasteiger partial charge is 0.364 e. The average Bonchev–Trinajstić information content (AvgIpc) is 2.83. The lowest BCUT2D eigenvalue weighted by molar-refractivity contribution is -0.137. The normalized spacial score (nSPS) is 10.8. The maximum atomic E-state index is 12.6. The van der Waals surface area contributed by atoms with E-state index in [-0.39, 0.29) is 0 Å². The van der Waals surface area contributed by atoms with Crippen LogP contribution in [0, 0.1) is 6.92 Å². The summed E-state index contributed by atoms with van der Waals surface area (Å²) in [6.45, 7) is 5.62. The van der Waals surface area contributed by atoms with Crippen molar-refractivity contribution in [3.8, 4) is 11.1 Å². The van der Waals surface area contributed by atoms with E-state index in [0.717, 1.165) is 12.1 Å². The van der Waals surface area contributed by atoms with Gasteiger partial charge in [-0.3, -0.25) is 0 Å². The van der Waals surface area contributed by atoms with Gasteiger partial charge in [0, 0.05) is 5.56 Å². The molecule has 0 aliphatic carbocycles. The van der Waals surface area contributed by atoms with Gasteiger partial charge in [-0.05, 0) is 30.2 Å². The molecule has 1 aromatic carbocycles. The van der Waals surface area contributed by atoms with Crippen LogP contribution < -0.4 is 0 Å². The summed E-state index contributed by atoms with van der Waals surface area (Å²) in [5.74, 6) is 0. The molecular weight excluding hydrogens is 243 g/mol. The third kappa shape index (κ3) is 3.35. The SMILES string of the molecule is CC.Cc1cc(-c2cnoc2)cc(C(F)(F)F)c1. The van der Waals surface area contributed by atoms with Crippen molar-refractivity contribution in [2.24, 2.45) is 0 Å². The van der Waals surface area contributed by atoms with Crippen LogP contribution in [0.15, 0.2) is 35.2 Å². The fourth-order valence-electron chi connectivity index (χ4n) is 1.46. The minimum absolute atomic E-state index is 0.452. The van der Waals surface area contributed by atoms with Crippen molar-refractivity contribution >= 4 is 0 Å². The van der Waals surface area contributed by atoms with Gasteiger partial charge in [0.05, 0.1) is 11.8 Å². The molecule has 2 nitrogen and oxygen atoms in total. The highest BCUT2D eigenvalue weighted by molar-refractivity contribution is 5.63. The summed E-state index contributed by atoms with van der Waals surface area (Å²) >= 11 is 0. The van der Waals surface area contributed by atoms with Crippen molar-refractivity contribution in [3.63, 3.8) is 0 Å².